The molecular weight excluding hydrogens is 212 g/mol. The maximum Gasteiger partial charge on any atom is 0.123 e. The quantitative estimate of drug-likeness (QED) is 0.803. The molecule has 2 atom stereocenters. The summed E-state index contributed by atoms with van der Waals surface area (Å²) in [6.45, 7) is 3.76. The summed E-state index contributed by atoms with van der Waals surface area (Å²) >= 11 is 6.12. The fourth-order valence-electron chi connectivity index (χ4n) is 1.48. The Morgan fingerprint density at radius 3 is 2.60 bits per heavy atom. The van der Waals surface area contributed by atoms with Gasteiger partial charge in [-0.15, -0.1) is 11.6 Å². The Balaban J connectivity index is 3.11. The molecule has 1 rings (SSSR count). The second-order valence-electron chi connectivity index (χ2n) is 3.57. The van der Waals surface area contributed by atoms with Crippen molar-refractivity contribution in [2.45, 2.75) is 31.7 Å². The summed E-state index contributed by atoms with van der Waals surface area (Å²) in [5, 5.41) is 9.05. The maximum atomic E-state index is 9.47. The van der Waals surface area contributed by atoms with E-state index >= 15 is 0 Å². The van der Waals surface area contributed by atoms with Crippen molar-refractivity contribution >= 4 is 11.6 Å². The monoisotopic (exact) mass is 228 g/mol. The van der Waals surface area contributed by atoms with E-state index in [-0.39, 0.29) is 0 Å². The third-order valence-electron chi connectivity index (χ3n) is 2.42. The van der Waals surface area contributed by atoms with Crippen molar-refractivity contribution < 1.29 is 9.84 Å². The number of aliphatic hydroxyl groups is 1. The van der Waals surface area contributed by atoms with Crippen molar-refractivity contribution in [3.8, 4) is 5.75 Å². The first-order valence-corrected chi connectivity index (χ1v) is 5.52. The van der Waals surface area contributed by atoms with Gasteiger partial charge in [-0.3, -0.25) is 0 Å². The minimum atomic E-state index is -0.590. The Bertz CT molecular complexity index is 323. The van der Waals surface area contributed by atoms with Gasteiger partial charge in [-0.2, -0.15) is 0 Å². The number of aliphatic hydroxyl groups excluding tert-OH is 1. The van der Waals surface area contributed by atoms with Gasteiger partial charge in [0.1, 0.15) is 5.75 Å². The van der Waals surface area contributed by atoms with Crippen molar-refractivity contribution in [1.29, 1.82) is 0 Å². The van der Waals surface area contributed by atoms with E-state index in [2.05, 4.69) is 6.92 Å². The Morgan fingerprint density at radius 1 is 1.47 bits per heavy atom. The number of hydrogen-bond acceptors (Lipinski definition) is 2. The lowest BCUT2D eigenvalue weighted by Gasteiger charge is -2.17. The van der Waals surface area contributed by atoms with Gasteiger partial charge in [0.25, 0.3) is 0 Å². The number of methoxy groups -OCH3 is 1. The largest absolute Gasteiger partial charge is 0.496 e. The summed E-state index contributed by atoms with van der Waals surface area (Å²) in [5.41, 5.74) is 2.05. The van der Waals surface area contributed by atoms with E-state index in [1.165, 1.54) is 5.56 Å². The second kappa shape index (κ2) is 5.38. The van der Waals surface area contributed by atoms with Crippen molar-refractivity contribution in [2.75, 3.05) is 7.11 Å². The molecule has 0 aliphatic rings. The predicted octanol–water partition coefficient (Wildman–Crippen LogP) is 2.92. The van der Waals surface area contributed by atoms with Crippen molar-refractivity contribution in [2.24, 2.45) is 0 Å². The van der Waals surface area contributed by atoms with Crippen LogP contribution >= 0.6 is 11.6 Å². The molecule has 1 aromatic rings. The molecule has 0 saturated carbocycles. The fraction of sp³-hybridized carbons (Fsp3) is 0.500. The number of benzene rings is 1. The molecule has 0 aliphatic heterocycles. The van der Waals surface area contributed by atoms with E-state index in [1.807, 2.05) is 18.2 Å². The molecule has 0 radical (unpaired) electrons. The molecule has 0 aliphatic carbocycles. The van der Waals surface area contributed by atoms with E-state index in [1.54, 1.807) is 14.0 Å². The number of rotatable bonds is 4. The summed E-state index contributed by atoms with van der Waals surface area (Å²) in [4.78, 5) is 0. The minimum Gasteiger partial charge on any atom is -0.496 e. The molecule has 2 unspecified atom stereocenters. The molecule has 84 valence electrons. The zero-order valence-corrected chi connectivity index (χ0v) is 10.1. The Labute approximate surface area is 95.8 Å². The Morgan fingerprint density at radius 2 is 2.13 bits per heavy atom. The third-order valence-corrected chi connectivity index (χ3v) is 3.02. The van der Waals surface area contributed by atoms with Gasteiger partial charge < -0.3 is 9.84 Å². The zero-order chi connectivity index (χ0) is 11.4. The Hall–Kier alpha value is -0.730. The topological polar surface area (TPSA) is 29.5 Å². The van der Waals surface area contributed by atoms with Crippen LogP contribution in [0.2, 0.25) is 0 Å². The molecule has 0 aromatic heterocycles. The van der Waals surface area contributed by atoms with Crippen LogP contribution in [0.1, 0.15) is 30.4 Å². The molecule has 2 nitrogen and oxygen atoms in total. The van der Waals surface area contributed by atoms with Crippen LogP contribution in [0, 0.1) is 0 Å². The van der Waals surface area contributed by atoms with Crippen LogP contribution in [0.15, 0.2) is 18.2 Å². The highest BCUT2D eigenvalue weighted by molar-refractivity contribution is 6.21. The van der Waals surface area contributed by atoms with Gasteiger partial charge in [-0.1, -0.05) is 19.1 Å². The predicted molar refractivity (Wildman–Crippen MR) is 62.6 cm³/mol. The highest BCUT2D eigenvalue weighted by Gasteiger charge is 2.18. The van der Waals surface area contributed by atoms with E-state index < -0.39 is 11.5 Å². The van der Waals surface area contributed by atoms with E-state index in [0.717, 1.165) is 17.7 Å². The van der Waals surface area contributed by atoms with Gasteiger partial charge in [-0.25, -0.2) is 0 Å². The lowest BCUT2D eigenvalue weighted by molar-refractivity contribution is 0.188. The number of halogens is 1. The number of hydrogen-bond donors (Lipinski definition) is 1. The molecule has 1 N–H and O–H groups in total. The van der Waals surface area contributed by atoms with Gasteiger partial charge in [0.2, 0.25) is 0 Å². The van der Waals surface area contributed by atoms with Gasteiger partial charge in [0.05, 0.1) is 18.6 Å². The van der Waals surface area contributed by atoms with Gasteiger partial charge in [0, 0.05) is 5.56 Å². The number of alkyl halides is 1. The smallest absolute Gasteiger partial charge is 0.123 e. The maximum absolute atomic E-state index is 9.47. The molecule has 0 heterocycles. The molecule has 0 bridgehead atoms. The van der Waals surface area contributed by atoms with Crippen molar-refractivity contribution in [3.63, 3.8) is 0 Å². The zero-order valence-electron chi connectivity index (χ0n) is 9.33. The van der Waals surface area contributed by atoms with Crippen LogP contribution in [-0.4, -0.2) is 18.3 Å². The SMILES string of the molecule is CCc1ccc(OC)c(C(Cl)C(C)O)c1. The average Bonchev–Trinajstić information content (AvgIpc) is 2.27. The van der Waals surface area contributed by atoms with Crippen LogP contribution in [0.4, 0.5) is 0 Å². The number of aryl methyl sites for hydroxylation is 1. The molecule has 1 aromatic carbocycles. The summed E-state index contributed by atoms with van der Waals surface area (Å²) in [6.07, 6.45) is 0.355. The summed E-state index contributed by atoms with van der Waals surface area (Å²) in [7, 11) is 1.61. The highest BCUT2D eigenvalue weighted by atomic mass is 35.5. The molecular formula is C12H17ClO2. The second-order valence-corrected chi connectivity index (χ2v) is 4.04. The van der Waals surface area contributed by atoms with Crippen molar-refractivity contribution in [1.82, 2.24) is 0 Å². The summed E-state index contributed by atoms with van der Waals surface area (Å²) < 4.78 is 5.22. The van der Waals surface area contributed by atoms with Crippen LogP contribution in [0.25, 0.3) is 0 Å². The molecule has 0 spiro atoms. The minimum absolute atomic E-state index is 0.425. The molecule has 0 fully saturated rings. The molecule has 0 amide bonds. The lowest BCUT2D eigenvalue weighted by Crippen LogP contribution is -2.10. The van der Waals surface area contributed by atoms with E-state index in [0.29, 0.717) is 0 Å². The van der Waals surface area contributed by atoms with Crippen LogP contribution in [0.3, 0.4) is 0 Å². The Kier molecular flexibility index (Phi) is 4.43. The van der Waals surface area contributed by atoms with Crippen molar-refractivity contribution in [3.05, 3.63) is 29.3 Å². The van der Waals surface area contributed by atoms with E-state index in [4.69, 9.17) is 16.3 Å². The van der Waals surface area contributed by atoms with Gasteiger partial charge in [-0.05, 0) is 25.0 Å². The lowest BCUT2D eigenvalue weighted by atomic mass is 10.0. The number of ether oxygens (including phenoxy) is 1. The van der Waals surface area contributed by atoms with Gasteiger partial charge >= 0.3 is 0 Å². The first kappa shape index (κ1) is 12.3. The summed E-state index contributed by atoms with van der Waals surface area (Å²) in [6, 6.07) is 5.89. The molecule has 0 saturated heterocycles. The van der Waals surface area contributed by atoms with Gasteiger partial charge in [0.15, 0.2) is 0 Å². The fourth-order valence-corrected chi connectivity index (χ4v) is 1.65. The summed E-state index contributed by atoms with van der Waals surface area (Å²) in [5.74, 6) is 0.730. The van der Waals surface area contributed by atoms with Crippen LogP contribution in [-0.2, 0) is 6.42 Å². The molecule has 15 heavy (non-hydrogen) atoms. The molecule has 3 heteroatoms. The highest BCUT2D eigenvalue weighted by Crippen LogP contribution is 2.33. The normalized spacial score (nSPS) is 14.7. The average molecular weight is 229 g/mol. The van der Waals surface area contributed by atoms with E-state index in [9.17, 15) is 5.11 Å². The first-order chi connectivity index (χ1) is 7.10. The van der Waals surface area contributed by atoms with Crippen LogP contribution in [0.5, 0.6) is 5.75 Å². The first-order valence-electron chi connectivity index (χ1n) is 5.09. The third kappa shape index (κ3) is 2.86. The van der Waals surface area contributed by atoms with Crippen LogP contribution < -0.4 is 4.74 Å². The standard InChI is InChI=1S/C12H17ClO2/c1-4-9-5-6-11(15-3)10(7-9)12(13)8(2)14/h5-8,12,14H,4H2,1-3H3.